The van der Waals surface area contributed by atoms with Gasteiger partial charge < -0.3 is 15.2 Å². The van der Waals surface area contributed by atoms with E-state index in [1.807, 2.05) is 27.7 Å². The Balaban J connectivity index is 2.67. The molecule has 1 aliphatic heterocycles. The lowest BCUT2D eigenvalue weighted by atomic mass is 10.1. The van der Waals surface area contributed by atoms with Crippen molar-refractivity contribution in [3.63, 3.8) is 0 Å². The normalized spacial score (nSPS) is 23.4. The van der Waals surface area contributed by atoms with Crippen LogP contribution in [0.1, 0.15) is 34.1 Å². The first-order chi connectivity index (χ1) is 7.85. The predicted molar refractivity (Wildman–Crippen MR) is 65.8 cm³/mol. The molecule has 0 aromatic rings. The summed E-state index contributed by atoms with van der Waals surface area (Å²) in [6.07, 6.45) is 0.516. The lowest BCUT2D eigenvalue weighted by Gasteiger charge is -2.39. The molecule has 1 heterocycles. The molecule has 0 bridgehead atoms. The van der Waals surface area contributed by atoms with Crippen LogP contribution >= 0.6 is 0 Å². The molecule has 5 heteroatoms. The van der Waals surface area contributed by atoms with Crippen LogP contribution in [0.3, 0.4) is 0 Å². The maximum absolute atomic E-state index is 12.0. The molecule has 0 aliphatic carbocycles. The maximum atomic E-state index is 12.0. The summed E-state index contributed by atoms with van der Waals surface area (Å²) < 4.78 is 10.8. The Bertz CT molecular complexity index is 263. The predicted octanol–water partition coefficient (Wildman–Crippen LogP) is 1.36. The van der Waals surface area contributed by atoms with Crippen molar-refractivity contribution in [2.45, 2.75) is 51.8 Å². The number of nitrogens with two attached hydrogens (primary N) is 1. The quantitative estimate of drug-likeness (QED) is 0.796. The summed E-state index contributed by atoms with van der Waals surface area (Å²) in [7, 11) is 0. The monoisotopic (exact) mass is 244 g/mol. The first-order valence-electron chi connectivity index (χ1n) is 6.18. The fourth-order valence-electron chi connectivity index (χ4n) is 1.80. The number of carbonyl (C=O) groups excluding carboxylic acids is 1. The van der Waals surface area contributed by atoms with E-state index in [1.165, 1.54) is 0 Å². The molecule has 0 aromatic heterocycles. The zero-order valence-electron chi connectivity index (χ0n) is 11.2. The Morgan fingerprint density at radius 3 is 2.76 bits per heavy atom. The molecule has 17 heavy (non-hydrogen) atoms. The van der Waals surface area contributed by atoms with Gasteiger partial charge in [-0.15, -0.1) is 0 Å². The molecule has 0 saturated carbocycles. The third kappa shape index (κ3) is 4.16. The van der Waals surface area contributed by atoms with Gasteiger partial charge in [0.2, 0.25) is 0 Å². The van der Waals surface area contributed by atoms with Gasteiger partial charge in [-0.1, -0.05) is 6.92 Å². The van der Waals surface area contributed by atoms with Crippen molar-refractivity contribution in [1.29, 1.82) is 0 Å². The van der Waals surface area contributed by atoms with Crippen LogP contribution in [0.2, 0.25) is 0 Å². The van der Waals surface area contributed by atoms with Gasteiger partial charge in [-0.25, -0.2) is 4.79 Å². The minimum atomic E-state index is -0.476. The molecule has 1 saturated heterocycles. The molecule has 0 aromatic carbocycles. The third-order valence-electron chi connectivity index (χ3n) is 2.76. The maximum Gasteiger partial charge on any atom is 0.410 e. The molecule has 2 unspecified atom stereocenters. The van der Waals surface area contributed by atoms with Crippen LogP contribution in [0.25, 0.3) is 0 Å². The van der Waals surface area contributed by atoms with Crippen LogP contribution in [0.15, 0.2) is 0 Å². The van der Waals surface area contributed by atoms with Gasteiger partial charge in [0.15, 0.2) is 0 Å². The van der Waals surface area contributed by atoms with E-state index >= 15 is 0 Å². The van der Waals surface area contributed by atoms with E-state index in [0.29, 0.717) is 19.8 Å². The van der Waals surface area contributed by atoms with Crippen LogP contribution in [-0.2, 0) is 9.47 Å². The van der Waals surface area contributed by atoms with Crippen LogP contribution in [0.4, 0.5) is 4.79 Å². The van der Waals surface area contributed by atoms with Crippen molar-refractivity contribution in [2.24, 2.45) is 5.73 Å². The van der Waals surface area contributed by atoms with Crippen molar-refractivity contribution in [2.75, 3.05) is 19.8 Å². The molecular weight excluding hydrogens is 220 g/mol. The zero-order valence-corrected chi connectivity index (χ0v) is 11.2. The molecular formula is C12H24N2O3. The lowest BCUT2D eigenvalue weighted by Crippen LogP contribution is -2.57. The Morgan fingerprint density at radius 1 is 1.59 bits per heavy atom. The minimum absolute atomic E-state index is 0.0668. The fraction of sp³-hybridized carbons (Fsp3) is 0.917. The second-order valence-corrected chi connectivity index (χ2v) is 5.39. The highest BCUT2D eigenvalue weighted by Crippen LogP contribution is 2.16. The highest BCUT2D eigenvalue weighted by Gasteiger charge is 2.33. The number of ether oxygens (including phenoxy) is 2. The molecule has 1 fully saturated rings. The summed E-state index contributed by atoms with van der Waals surface area (Å²) in [5.74, 6) is 0. The van der Waals surface area contributed by atoms with E-state index in [4.69, 9.17) is 15.2 Å². The third-order valence-corrected chi connectivity index (χ3v) is 2.76. The number of morpholine rings is 1. The molecule has 5 nitrogen and oxygen atoms in total. The van der Waals surface area contributed by atoms with Crippen molar-refractivity contribution in [3.05, 3.63) is 0 Å². The van der Waals surface area contributed by atoms with E-state index in [1.54, 1.807) is 4.90 Å². The van der Waals surface area contributed by atoms with Crippen molar-refractivity contribution in [1.82, 2.24) is 4.90 Å². The summed E-state index contributed by atoms with van der Waals surface area (Å²) in [4.78, 5) is 13.7. The van der Waals surface area contributed by atoms with Gasteiger partial charge in [-0.2, -0.15) is 0 Å². The van der Waals surface area contributed by atoms with Gasteiger partial charge in [0.1, 0.15) is 5.60 Å². The number of nitrogens with zero attached hydrogens (tertiary/aromatic N) is 1. The molecule has 0 radical (unpaired) electrons. The standard InChI is InChI=1S/C12H24N2O3/c1-5-9(13)10-8-16-7-6-14(10)11(15)17-12(2,3)4/h9-10H,5-8,13H2,1-4H3. The molecule has 1 aliphatic rings. The van der Waals surface area contributed by atoms with Crippen molar-refractivity contribution < 1.29 is 14.3 Å². The first-order valence-corrected chi connectivity index (χ1v) is 6.18. The van der Waals surface area contributed by atoms with Crippen LogP contribution in [-0.4, -0.2) is 48.4 Å². The number of rotatable bonds is 2. The van der Waals surface area contributed by atoms with Crippen molar-refractivity contribution >= 4 is 6.09 Å². The molecule has 1 rings (SSSR count). The number of hydrogen-bond donors (Lipinski definition) is 1. The summed E-state index contributed by atoms with van der Waals surface area (Å²) in [5.41, 5.74) is 5.53. The van der Waals surface area contributed by atoms with Gasteiger partial charge in [0.25, 0.3) is 0 Å². The first kappa shape index (κ1) is 14.3. The Labute approximate surface area is 103 Å². The number of hydrogen-bond acceptors (Lipinski definition) is 4. The average Bonchev–Trinajstić information content (AvgIpc) is 2.25. The van der Waals surface area contributed by atoms with E-state index in [-0.39, 0.29) is 18.2 Å². The van der Waals surface area contributed by atoms with Crippen molar-refractivity contribution in [3.8, 4) is 0 Å². The van der Waals surface area contributed by atoms with E-state index in [2.05, 4.69) is 0 Å². The number of amides is 1. The Morgan fingerprint density at radius 2 is 2.24 bits per heavy atom. The molecule has 100 valence electrons. The lowest BCUT2D eigenvalue weighted by molar-refractivity contribution is -0.0381. The summed E-state index contributed by atoms with van der Waals surface area (Å²) >= 11 is 0. The van der Waals surface area contributed by atoms with Crippen LogP contribution in [0.5, 0.6) is 0 Å². The summed E-state index contributed by atoms with van der Waals surface area (Å²) in [6, 6.07) is -0.147. The molecule has 1 amide bonds. The molecule has 2 N–H and O–H groups in total. The molecule has 2 atom stereocenters. The second-order valence-electron chi connectivity index (χ2n) is 5.39. The van der Waals surface area contributed by atoms with Gasteiger partial charge in [0, 0.05) is 12.6 Å². The summed E-state index contributed by atoms with van der Waals surface area (Å²) in [5, 5.41) is 0. The molecule has 0 spiro atoms. The van der Waals surface area contributed by atoms with Gasteiger partial charge in [-0.05, 0) is 27.2 Å². The second kappa shape index (κ2) is 5.69. The van der Waals surface area contributed by atoms with Gasteiger partial charge in [-0.3, -0.25) is 4.90 Å². The van der Waals surface area contributed by atoms with E-state index in [0.717, 1.165) is 6.42 Å². The zero-order chi connectivity index (χ0) is 13.1. The smallest absolute Gasteiger partial charge is 0.410 e. The largest absolute Gasteiger partial charge is 0.444 e. The van der Waals surface area contributed by atoms with Gasteiger partial charge in [0.05, 0.1) is 19.3 Å². The van der Waals surface area contributed by atoms with Crippen LogP contribution in [0, 0.1) is 0 Å². The van der Waals surface area contributed by atoms with E-state index in [9.17, 15) is 4.79 Å². The Kier molecular flexibility index (Phi) is 4.77. The van der Waals surface area contributed by atoms with E-state index < -0.39 is 5.60 Å². The minimum Gasteiger partial charge on any atom is -0.444 e. The average molecular weight is 244 g/mol. The van der Waals surface area contributed by atoms with Gasteiger partial charge >= 0.3 is 6.09 Å². The van der Waals surface area contributed by atoms with Crippen LogP contribution < -0.4 is 5.73 Å². The topological polar surface area (TPSA) is 64.8 Å². The summed E-state index contributed by atoms with van der Waals surface area (Å²) in [6.45, 7) is 9.18. The Hall–Kier alpha value is -0.810. The number of carbonyl (C=O) groups is 1. The fourth-order valence-corrected chi connectivity index (χ4v) is 1.80. The SMILES string of the molecule is CCC(N)C1COCCN1C(=O)OC(C)(C)C. The highest BCUT2D eigenvalue weighted by molar-refractivity contribution is 5.68. The highest BCUT2D eigenvalue weighted by atomic mass is 16.6.